The molecule has 19 heavy (non-hydrogen) atoms. The van der Waals surface area contributed by atoms with Gasteiger partial charge >= 0.3 is 0 Å². The molecule has 1 heterocycles. The van der Waals surface area contributed by atoms with Crippen LogP contribution in [0.25, 0.3) is 5.69 Å². The van der Waals surface area contributed by atoms with E-state index in [1.54, 1.807) is 25.1 Å². The summed E-state index contributed by atoms with van der Waals surface area (Å²) in [6.07, 6.45) is 5.85. The molecule has 0 fully saturated rings. The molecule has 0 bridgehead atoms. The zero-order valence-corrected chi connectivity index (χ0v) is 12.3. The van der Waals surface area contributed by atoms with Crippen molar-refractivity contribution in [1.29, 1.82) is 0 Å². The molecule has 0 aliphatic rings. The predicted molar refractivity (Wildman–Crippen MR) is 80.3 cm³/mol. The second-order valence-corrected chi connectivity index (χ2v) is 5.14. The zero-order valence-electron chi connectivity index (χ0n) is 11.5. The van der Waals surface area contributed by atoms with Crippen molar-refractivity contribution in [3.05, 3.63) is 36.7 Å². The Balaban J connectivity index is 2.28. The van der Waals surface area contributed by atoms with Crippen molar-refractivity contribution in [2.45, 2.75) is 17.9 Å². The minimum Gasteiger partial charge on any atom is -0.383 e. The zero-order chi connectivity index (χ0) is 13.7. The lowest BCUT2D eigenvalue weighted by Crippen LogP contribution is -2.22. The molecule has 0 saturated heterocycles. The number of thioether (sulfide) groups is 1. The molecule has 1 aromatic carbocycles. The van der Waals surface area contributed by atoms with Crippen molar-refractivity contribution >= 4 is 17.7 Å². The molecular weight excluding hydrogens is 258 g/mol. The third kappa shape index (κ3) is 3.30. The second kappa shape index (κ2) is 6.63. The summed E-state index contributed by atoms with van der Waals surface area (Å²) in [6, 6.07) is 8.51. The van der Waals surface area contributed by atoms with Gasteiger partial charge in [0.2, 0.25) is 5.95 Å². The summed E-state index contributed by atoms with van der Waals surface area (Å²) >= 11 is 1.73. The van der Waals surface area contributed by atoms with Crippen LogP contribution in [0.3, 0.4) is 0 Å². The SMILES string of the molecule is COCC(C)Nc1nccn1-c1ccccc1SC. The van der Waals surface area contributed by atoms with Crippen molar-refractivity contribution in [2.24, 2.45) is 0 Å². The number of benzene rings is 1. The number of hydrogen-bond donors (Lipinski definition) is 1. The lowest BCUT2D eigenvalue weighted by atomic mass is 10.3. The van der Waals surface area contributed by atoms with Crippen LogP contribution < -0.4 is 5.32 Å². The van der Waals surface area contributed by atoms with Gasteiger partial charge in [-0.1, -0.05) is 12.1 Å². The molecule has 1 atom stereocenters. The molecule has 4 nitrogen and oxygen atoms in total. The molecule has 0 aliphatic carbocycles. The maximum atomic E-state index is 5.14. The van der Waals surface area contributed by atoms with E-state index in [4.69, 9.17) is 4.74 Å². The van der Waals surface area contributed by atoms with Gasteiger partial charge in [0, 0.05) is 30.4 Å². The van der Waals surface area contributed by atoms with E-state index in [9.17, 15) is 0 Å². The van der Waals surface area contributed by atoms with Crippen LogP contribution in [-0.4, -0.2) is 35.6 Å². The Labute approximate surface area is 118 Å². The highest BCUT2D eigenvalue weighted by Gasteiger charge is 2.10. The summed E-state index contributed by atoms with van der Waals surface area (Å²) in [6.45, 7) is 2.72. The Hall–Kier alpha value is -1.46. The summed E-state index contributed by atoms with van der Waals surface area (Å²) < 4.78 is 7.21. The van der Waals surface area contributed by atoms with Gasteiger partial charge in [-0.2, -0.15) is 0 Å². The third-order valence-corrected chi connectivity index (χ3v) is 3.56. The number of para-hydroxylation sites is 1. The summed E-state index contributed by atoms with van der Waals surface area (Å²) in [5.74, 6) is 0.839. The van der Waals surface area contributed by atoms with Gasteiger partial charge in [-0.05, 0) is 25.3 Å². The average Bonchev–Trinajstić information content (AvgIpc) is 2.86. The second-order valence-electron chi connectivity index (χ2n) is 4.29. The van der Waals surface area contributed by atoms with Crippen molar-refractivity contribution in [3.8, 4) is 5.69 Å². The predicted octanol–water partition coefficient (Wildman–Crippen LogP) is 3.04. The van der Waals surface area contributed by atoms with E-state index in [2.05, 4.69) is 40.2 Å². The summed E-state index contributed by atoms with van der Waals surface area (Å²) in [5.41, 5.74) is 1.14. The Bertz CT molecular complexity index is 527. The largest absolute Gasteiger partial charge is 0.383 e. The lowest BCUT2D eigenvalue weighted by molar-refractivity contribution is 0.190. The first kappa shape index (κ1) is 14.0. The van der Waals surface area contributed by atoms with E-state index in [0.29, 0.717) is 6.61 Å². The Morgan fingerprint density at radius 2 is 2.21 bits per heavy atom. The molecule has 1 unspecified atom stereocenters. The Morgan fingerprint density at radius 1 is 1.42 bits per heavy atom. The highest BCUT2D eigenvalue weighted by molar-refractivity contribution is 7.98. The number of nitrogens with zero attached hydrogens (tertiary/aromatic N) is 2. The fraction of sp³-hybridized carbons (Fsp3) is 0.357. The van der Waals surface area contributed by atoms with Crippen molar-refractivity contribution in [2.75, 3.05) is 25.3 Å². The van der Waals surface area contributed by atoms with E-state index in [1.165, 1.54) is 4.90 Å². The number of imidazole rings is 1. The molecule has 0 amide bonds. The number of hydrogen-bond acceptors (Lipinski definition) is 4. The van der Waals surface area contributed by atoms with Crippen LogP contribution in [0, 0.1) is 0 Å². The standard InChI is InChI=1S/C14H19N3OS/c1-11(10-18-2)16-14-15-8-9-17(14)12-6-4-5-7-13(12)19-3/h4-9,11H,10H2,1-3H3,(H,15,16). The van der Waals surface area contributed by atoms with Crippen molar-refractivity contribution in [1.82, 2.24) is 9.55 Å². The quantitative estimate of drug-likeness (QED) is 0.824. The fourth-order valence-corrected chi connectivity index (χ4v) is 2.54. The lowest BCUT2D eigenvalue weighted by Gasteiger charge is -2.16. The molecule has 2 rings (SSSR count). The van der Waals surface area contributed by atoms with Gasteiger partial charge in [0.1, 0.15) is 0 Å². The molecule has 0 saturated carbocycles. The summed E-state index contributed by atoms with van der Waals surface area (Å²) in [5, 5.41) is 3.36. The van der Waals surface area contributed by atoms with Crippen LogP contribution in [0.5, 0.6) is 0 Å². The maximum Gasteiger partial charge on any atom is 0.207 e. The van der Waals surface area contributed by atoms with Crippen molar-refractivity contribution < 1.29 is 4.74 Å². The molecular formula is C14H19N3OS. The molecule has 1 aromatic heterocycles. The molecule has 5 heteroatoms. The van der Waals surface area contributed by atoms with Crippen LogP contribution >= 0.6 is 11.8 Å². The summed E-state index contributed by atoms with van der Waals surface area (Å²) in [7, 11) is 1.70. The molecule has 2 aromatic rings. The molecule has 0 radical (unpaired) electrons. The number of anilines is 1. The Kier molecular flexibility index (Phi) is 4.87. The molecule has 1 N–H and O–H groups in total. The van der Waals surface area contributed by atoms with Crippen LogP contribution in [0.2, 0.25) is 0 Å². The van der Waals surface area contributed by atoms with Crippen LogP contribution in [0.15, 0.2) is 41.6 Å². The Morgan fingerprint density at radius 3 is 2.95 bits per heavy atom. The monoisotopic (exact) mass is 277 g/mol. The summed E-state index contributed by atoms with van der Waals surface area (Å²) in [4.78, 5) is 5.60. The minimum absolute atomic E-state index is 0.215. The van der Waals surface area contributed by atoms with Crippen LogP contribution in [0.1, 0.15) is 6.92 Å². The van der Waals surface area contributed by atoms with Gasteiger partial charge in [0.15, 0.2) is 0 Å². The molecule has 102 valence electrons. The number of ether oxygens (including phenoxy) is 1. The van der Waals surface area contributed by atoms with E-state index in [-0.39, 0.29) is 6.04 Å². The highest BCUT2D eigenvalue weighted by Crippen LogP contribution is 2.26. The normalized spacial score (nSPS) is 12.4. The first-order chi connectivity index (χ1) is 9.26. The number of aromatic nitrogens is 2. The van der Waals surface area contributed by atoms with Crippen LogP contribution in [0.4, 0.5) is 5.95 Å². The third-order valence-electron chi connectivity index (χ3n) is 2.78. The molecule has 0 aliphatic heterocycles. The van der Waals surface area contributed by atoms with E-state index in [1.807, 2.05) is 18.3 Å². The number of rotatable bonds is 6. The van der Waals surface area contributed by atoms with E-state index < -0.39 is 0 Å². The maximum absolute atomic E-state index is 5.14. The first-order valence-electron chi connectivity index (χ1n) is 6.18. The van der Waals surface area contributed by atoms with Gasteiger partial charge in [0.25, 0.3) is 0 Å². The van der Waals surface area contributed by atoms with E-state index >= 15 is 0 Å². The number of methoxy groups -OCH3 is 1. The van der Waals surface area contributed by atoms with Gasteiger partial charge < -0.3 is 10.1 Å². The smallest absolute Gasteiger partial charge is 0.207 e. The highest BCUT2D eigenvalue weighted by atomic mass is 32.2. The first-order valence-corrected chi connectivity index (χ1v) is 7.41. The van der Waals surface area contributed by atoms with Crippen LogP contribution in [-0.2, 0) is 4.74 Å². The topological polar surface area (TPSA) is 39.1 Å². The van der Waals surface area contributed by atoms with Gasteiger partial charge in [-0.15, -0.1) is 11.8 Å². The fourth-order valence-electron chi connectivity index (χ4n) is 1.95. The minimum atomic E-state index is 0.215. The molecule has 0 spiro atoms. The van der Waals surface area contributed by atoms with E-state index in [0.717, 1.165) is 11.6 Å². The van der Waals surface area contributed by atoms with Gasteiger partial charge in [-0.25, -0.2) is 4.98 Å². The van der Waals surface area contributed by atoms with Crippen molar-refractivity contribution in [3.63, 3.8) is 0 Å². The average molecular weight is 277 g/mol. The number of nitrogens with one attached hydrogen (secondary N) is 1. The van der Waals surface area contributed by atoms with Gasteiger partial charge in [-0.3, -0.25) is 4.57 Å². The van der Waals surface area contributed by atoms with Gasteiger partial charge in [0.05, 0.1) is 12.3 Å².